The van der Waals surface area contributed by atoms with E-state index in [-0.39, 0.29) is 23.8 Å². The third-order valence-electron chi connectivity index (χ3n) is 4.35. The number of hydrogen-bond donors (Lipinski definition) is 2. The number of carbonyl (C=O) groups excluding carboxylic acids is 1. The SMILES string of the molecule is O=C(CCNS(=O)(=O)c1ccc(OC(F)(F)F)cc1)NCCc1ccc2c(c1)OCCO2. The molecule has 0 saturated heterocycles. The lowest BCUT2D eigenvalue weighted by atomic mass is 10.1. The van der Waals surface area contributed by atoms with Crippen LogP contribution in [0.1, 0.15) is 12.0 Å². The smallest absolute Gasteiger partial charge is 0.486 e. The number of rotatable bonds is 9. The molecule has 0 fully saturated rings. The Labute approximate surface area is 182 Å². The molecule has 2 N–H and O–H groups in total. The van der Waals surface area contributed by atoms with Gasteiger partial charge in [-0.2, -0.15) is 0 Å². The summed E-state index contributed by atoms with van der Waals surface area (Å²) >= 11 is 0. The van der Waals surface area contributed by atoms with Crippen LogP contribution in [0, 0.1) is 0 Å². The van der Waals surface area contributed by atoms with E-state index in [4.69, 9.17) is 9.47 Å². The van der Waals surface area contributed by atoms with Crippen LogP contribution in [0.5, 0.6) is 17.2 Å². The molecule has 2 aromatic carbocycles. The van der Waals surface area contributed by atoms with E-state index in [0.29, 0.717) is 37.7 Å². The summed E-state index contributed by atoms with van der Waals surface area (Å²) in [7, 11) is -3.98. The van der Waals surface area contributed by atoms with E-state index in [0.717, 1.165) is 29.8 Å². The Kier molecular flexibility index (Phi) is 7.46. The molecule has 0 radical (unpaired) electrons. The first-order valence-corrected chi connectivity index (χ1v) is 11.1. The highest BCUT2D eigenvalue weighted by Crippen LogP contribution is 2.30. The average Bonchev–Trinajstić information content (AvgIpc) is 2.73. The van der Waals surface area contributed by atoms with Gasteiger partial charge in [0.2, 0.25) is 15.9 Å². The van der Waals surface area contributed by atoms with E-state index in [1.165, 1.54) is 0 Å². The predicted molar refractivity (Wildman–Crippen MR) is 107 cm³/mol. The maximum absolute atomic E-state index is 12.2. The molecule has 0 saturated carbocycles. The molecule has 12 heteroatoms. The second-order valence-electron chi connectivity index (χ2n) is 6.74. The summed E-state index contributed by atoms with van der Waals surface area (Å²) < 4.78 is 77.8. The van der Waals surface area contributed by atoms with Gasteiger partial charge in [-0.05, 0) is 48.4 Å². The molecule has 0 bridgehead atoms. The third-order valence-corrected chi connectivity index (χ3v) is 5.83. The number of nitrogens with one attached hydrogen (secondary N) is 2. The van der Waals surface area contributed by atoms with Crippen molar-refractivity contribution in [3.05, 3.63) is 48.0 Å². The minimum atomic E-state index is -4.87. The van der Waals surface area contributed by atoms with Crippen molar-refractivity contribution in [1.29, 1.82) is 0 Å². The number of fused-ring (bicyclic) bond motifs is 1. The normalized spacial score (nSPS) is 13.5. The lowest BCUT2D eigenvalue weighted by Crippen LogP contribution is -2.31. The van der Waals surface area contributed by atoms with Crippen molar-refractivity contribution in [1.82, 2.24) is 10.0 Å². The number of halogens is 3. The highest BCUT2D eigenvalue weighted by Gasteiger charge is 2.31. The Morgan fingerprint density at radius 1 is 1.00 bits per heavy atom. The molecular formula is C20H21F3N2O6S. The van der Waals surface area contributed by atoms with Crippen molar-refractivity contribution >= 4 is 15.9 Å². The van der Waals surface area contributed by atoms with Crippen LogP contribution in [0.3, 0.4) is 0 Å². The number of amides is 1. The fourth-order valence-corrected chi connectivity index (χ4v) is 3.91. The van der Waals surface area contributed by atoms with Crippen molar-refractivity contribution in [3.63, 3.8) is 0 Å². The summed E-state index contributed by atoms with van der Waals surface area (Å²) in [5.41, 5.74) is 0.952. The van der Waals surface area contributed by atoms with Crippen LogP contribution >= 0.6 is 0 Å². The van der Waals surface area contributed by atoms with Gasteiger partial charge in [0.25, 0.3) is 0 Å². The van der Waals surface area contributed by atoms with E-state index in [9.17, 15) is 26.4 Å². The monoisotopic (exact) mass is 474 g/mol. The van der Waals surface area contributed by atoms with Gasteiger partial charge in [0.15, 0.2) is 11.5 Å². The predicted octanol–water partition coefficient (Wildman–Crippen LogP) is 2.38. The molecule has 0 spiro atoms. The number of benzene rings is 2. The van der Waals surface area contributed by atoms with Crippen LogP contribution in [-0.2, 0) is 21.2 Å². The molecule has 1 amide bonds. The quantitative estimate of drug-likeness (QED) is 0.579. The van der Waals surface area contributed by atoms with Crippen LogP contribution in [-0.4, -0.2) is 47.0 Å². The largest absolute Gasteiger partial charge is 0.573 e. The molecule has 3 rings (SSSR count). The van der Waals surface area contributed by atoms with Crippen LogP contribution in [0.2, 0.25) is 0 Å². The van der Waals surface area contributed by atoms with Crippen molar-refractivity contribution in [2.45, 2.75) is 24.1 Å². The molecule has 2 aromatic rings. The highest BCUT2D eigenvalue weighted by molar-refractivity contribution is 7.89. The first-order chi connectivity index (χ1) is 15.1. The van der Waals surface area contributed by atoms with Crippen molar-refractivity contribution in [3.8, 4) is 17.2 Å². The summed E-state index contributed by atoms with van der Waals surface area (Å²) in [5, 5.41) is 2.70. The molecular weight excluding hydrogens is 453 g/mol. The van der Waals surface area contributed by atoms with E-state index >= 15 is 0 Å². The zero-order valence-corrected chi connectivity index (χ0v) is 17.6. The molecule has 1 heterocycles. The fourth-order valence-electron chi connectivity index (χ4n) is 2.88. The van der Waals surface area contributed by atoms with Gasteiger partial charge in [0.1, 0.15) is 19.0 Å². The number of sulfonamides is 1. The minimum Gasteiger partial charge on any atom is -0.486 e. The Balaban J connectivity index is 1.40. The molecule has 0 aliphatic carbocycles. The summed E-state index contributed by atoms with van der Waals surface area (Å²) in [4.78, 5) is 11.7. The molecule has 32 heavy (non-hydrogen) atoms. The molecule has 1 aliphatic heterocycles. The van der Waals surface area contributed by atoms with Gasteiger partial charge in [-0.25, -0.2) is 13.1 Å². The molecule has 0 unspecified atom stereocenters. The summed E-state index contributed by atoms with van der Waals surface area (Å²) in [6.07, 6.45) is -4.41. The highest BCUT2D eigenvalue weighted by atomic mass is 32.2. The van der Waals surface area contributed by atoms with Gasteiger partial charge in [0.05, 0.1) is 4.90 Å². The third kappa shape index (κ3) is 7.02. The summed E-state index contributed by atoms with van der Waals surface area (Å²) in [6, 6.07) is 9.29. The standard InChI is InChI=1S/C20H21F3N2O6S/c21-20(22,23)31-15-2-4-16(5-3-15)32(27,28)25-10-8-19(26)24-9-7-14-1-6-17-18(13-14)30-12-11-29-17/h1-6,13,25H,7-12H2,(H,24,26). The van der Waals surface area contributed by atoms with Crippen LogP contribution in [0.15, 0.2) is 47.4 Å². The molecule has 8 nitrogen and oxygen atoms in total. The van der Waals surface area contributed by atoms with Gasteiger partial charge in [-0.15, -0.1) is 13.2 Å². The summed E-state index contributed by atoms with van der Waals surface area (Å²) in [5.74, 6) is 0.458. The lowest BCUT2D eigenvalue weighted by molar-refractivity contribution is -0.274. The Bertz CT molecular complexity index is 1040. The summed E-state index contributed by atoms with van der Waals surface area (Å²) in [6.45, 7) is 1.17. The first kappa shape index (κ1) is 23.7. The first-order valence-electron chi connectivity index (χ1n) is 9.63. The Morgan fingerprint density at radius 3 is 2.38 bits per heavy atom. The topological polar surface area (TPSA) is 103 Å². The molecule has 1 aliphatic rings. The molecule has 0 aromatic heterocycles. The second kappa shape index (κ2) is 10.1. The van der Waals surface area contributed by atoms with Crippen LogP contribution in [0.4, 0.5) is 13.2 Å². The van der Waals surface area contributed by atoms with E-state index in [1.54, 1.807) is 0 Å². The number of carbonyl (C=O) groups is 1. The van der Waals surface area contributed by atoms with E-state index in [2.05, 4.69) is 14.8 Å². The lowest BCUT2D eigenvalue weighted by Gasteiger charge is -2.18. The number of alkyl halides is 3. The van der Waals surface area contributed by atoms with Crippen LogP contribution in [0.25, 0.3) is 0 Å². The van der Waals surface area contributed by atoms with Crippen molar-refractivity contribution < 1.29 is 40.6 Å². The molecule has 174 valence electrons. The average molecular weight is 474 g/mol. The van der Waals surface area contributed by atoms with Gasteiger partial charge >= 0.3 is 6.36 Å². The Morgan fingerprint density at radius 2 is 1.69 bits per heavy atom. The molecule has 0 atom stereocenters. The Hall–Kier alpha value is -2.99. The van der Waals surface area contributed by atoms with E-state index in [1.807, 2.05) is 18.2 Å². The second-order valence-corrected chi connectivity index (χ2v) is 8.51. The zero-order chi connectivity index (χ0) is 23.2. The van der Waals surface area contributed by atoms with Gasteiger partial charge in [-0.3, -0.25) is 4.79 Å². The van der Waals surface area contributed by atoms with Crippen molar-refractivity contribution in [2.24, 2.45) is 0 Å². The van der Waals surface area contributed by atoms with Crippen molar-refractivity contribution in [2.75, 3.05) is 26.3 Å². The minimum absolute atomic E-state index is 0.102. The van der Waals surface area contributed by atoms with Gasteiger partial charge in [0, 0.05) is 19.5 Å². The van der Waals surface area contributed by atoms with Gasteiger partial charge < -0.3 is 19.5 Å². The number of ether oxygens (including phenoxy) is 3. The van der Waals surface area contributed by atoms with Crippen LogP contribution < -0.4 is 24.2 Å². The van der Waals surface area contributed by atoms with E-state index < -0.39 is 22.1 Å². The van der Waals surface area contributed by atoms with Gasteiger partial charge in [-0.1, -0.05) is 6.07 Å². The zero-order valence-electron chi connectivity index (χ0n) is 16.8. The fraction of sp³-hybridized carbons (Fsp3) is 0.350. The maximum Gasteiger partial charge on any atom is 0.573 e. The number of hydrogen-bond acceptors (Lipinski definition) is 6. The maximum atomic E-state index is 12.2.